The highest BCUT2D eigenvalue weighted by molar-refractivity contribution is 5.72. The van der Waals surface area contributed by atoms with Crippen LogP contribution in [0.1, 0.15) is 25.3 Å². The third kappa shape index (κ3) is 3.81. The number of hydrogen-bond acceptors (Lipinski definition) is 4. The molecule has 0 unspecified atom stereocenters. The first kappa shape index (κ1) is 14.6. The molecule has 3 N–H and O–H groups in total. The molecule has 0 aliphatic heterocycles. The van der Waals surface area contributed by atoms with Gasteiger partial charge in [0.05, 0.1) is 6.61 Å². The van der Waals surface area contributed by atoms with Crippen molar-refractivity contribution in [2.45, 2.75) is 26.4 Å². The van der Waals surface area contributed by atoms with E-state index in [0.717, 1.165) is 36.5 Å². The van der Waals surface area contributed by atoms with Gasteiger partial charge in [0.1, 0.15) is 0 Å². The van der Waals surface area contributed by atoms with Crippen LogP contribution in [0.3, 0.4) is 0 Å². The van der Waals surface area contributed by atoms with Crippen LogP contribution in [0.2, 0.25) is 0 Å². The Morgan fingerprint density at radius 2 is 1.61 bits per heavy atom. The highest BCUT2D eigenvalue weighted by Gasteiger charge is 2.09. The average Bonchev–Trinajstić information content (AvgIpc) is 2.42. The molecular formula is C14H25N3O. The molecule has 0 radical (unpaired) electrons. The minimum absolute atomic E-state index is 0.635. The Morgan fingerprint density at radius 3 is 2.06 bits per heavy atom. The maximum atomic E-state index is 5.72. The fraction of sp³-hybridized carbons (Fsp3) is 0.571. The van der Waals surface area contributed by atoms with Crippen molar-refractivity contribution in [3.63, 3.8) is 0 Å². The first-order valence-corrected chi connectivity index (χ1v) is 6.54. The van der Waals surface area contributed by atoms with Crippen molar-refractivity contribution in [2.75, 3.05) is 43.7 Å². The van der Waals surface area contributed by atoms with Crippen molar-refractivity contribution in [3.8, 4) is 0 Å². The molecule has 0 bridgehead atoms. The minimum Gasteiger partial charge on any atom is -0.388 e. The van der Waals surface area contributed by atoms with Gasteiger partial charge in [-0.25, -0.2) is 0 Å². The standard InChI is InChI=1S/C14H25N3O/c1-5-6-7-18-10-12-13(16-3)8-11(15-2)9-14(12)17-4/h8-9,15-17H,5-7,10H2,1-4H3. The lowest BCUT2D eigenvalue weighted by Crippen LogP contribution is -2.05. The number of benzene rings is 1. The molecule has 0 saturated heterocycles. The summed E-state index contributed by atoms with van der Waals surface area (Å²) in [4.78, 5) is 0. The van der Waals surface area contributed by atoms with Gasteiger partial charge in [0, 0.05) is 50.4 Å². The number of hydrogen-bond donors (Lipinski definition) is 3. The molecule has 18 heavy (non-hydrogen) atoms. The predicted molar refractivity (Wildman–Crippen MR) is 79.6 cm³/mol. The molecular weight excluding hydrogens is 226 g/mol. The van der Waals surface area contributed by atoms with E-state index in [-0.39, 0.29) is 0 Å². The fourth-order valence-corrected chi connectivity index (χ4v) is 1.84. The fourth-order valence-electron chi connectivity index (χ4n) is 1.84. The van der Waals surface area contributed by atoms with Gasteiger partial charge in [0.25, 0.3) is 0 Å². The van der Waals surface area contributed by atoms with Crippen molar-refractivity contribution in [3.05, 3.63) is 17.7 Å². The largest absolute Gasteiger partial charge is 0.388 e. The van der Waals surface area contributed by atoms with Gasteiger partial charge in [0.15, 0.2) is 0 Å². The first-order chi connectivity index (χ1) is 8.76. The first-order valence-electron chi connectivity index (χ1n) is 6.54. The smallest absolute Gasteiger partial charge is 0.0757 e. The number of anilines is 3. The SMILES string of the molecule is CCCCOCc1c(NC)cc(NC)cc1NC. The topological polar surface area (TPSA) is 45.3 Å². The lowest BCUT2D eigenvalue weighted by Gasteiger charge is -2.17. The van der Waals surface area contributed by atoms with E-state index in [0.29, 0.717) is 6.61 Å². The average molecular weight is 251 g/mol. The summed E-state index contributed by atoms with van der Waals surface area (Å²) >= 11 is 0. The molecule has 0 aliphatic rings. The molecule has 0 spiro atoms. The van der Waals surface area contributed by atoms with Gasteiger partial charge in [-0.05, 0) is 18.6 Å². The minimum atomic E-state index is 0.635. The van der Waals surface area contributed by atoms with Crippen LogP contribution in [0.15, 0.2) is 12.1 Å². The van der Waals surface area contributed by atoms with Gasteiger partial charge < -0.3 is 20.7 Å². The highest BCUT2D eigenvalue weighted by Crippen LogP contribution is 2.29. The Hall–Kier alpha value is -1.42. The third-order valence-corrected chi connectivity index (χ3v) is 2.97. The van der Waals surface area contributed by atoms with Gasteiger partial charge >= 0.3 is 0 Å². The maximum Gasteiger partial charge on any atom is 0.0757 e. The normalized spacial score (nSPS) is 10.2. The van der Waals surface area contributed by atoms with E-state index in [4.69, 9.17) is 4.74 Å². The van der Waals surface area contributed by atoms with Crippen LogP contribution in [0, 0.1) is 0 Å². The molecule has 102 valence electrons. The third-order valence-electron chi connectivity index (χ3n) is 2.97. The number of nitrogens with one attached hydrogen (secondary N) is 3. The van der Waals surface area contributed by atoms with E-state index in [1.54, 1.807) is 0 Å². The van der Waals surface area contributed by atoms with Gasteiger partial charge in [0.2, 0.25) is 0 Å². The zero-order valence-corrected chi connectivity index (χ0v) is 11.9. The van der Waals surface area contributed by atoms with Crippen LogP contribution in [0.4, 0.5) is 17.1 Å². The van der Waals surface area contributed by atoms with Gasteiger partial charge in [-0.15, -0.1) is 0 Å². The van der Waals surface area contributed by atoms with Crippen molar-refractivity contribution >= 4 is 17.1 Å². The van der Waals surface area contributed by atoms with Crippen molar-refractivity contribution in [1.82, 2.24) is 0 Å². The van der Waals surface area contributed by atoms with Gasteiger partial charge in [-0.1, -0.05) is 13.3 Å². The molecule has 0 atom stereocenters. The van der Waals surface area contributed by atoms with E-state index in [9.17, 15) is 0 Å². The van der Waals surface area contributed by atoms with Crippen molar-refractivity contribution < 1.29 is 4.74 Å². The quantitative estimate of drug-likeness (QED) is 0.621. The second kappa shape index (κ2) is 7.82. The summed E-state index contributed by atoms with van der Waals surface area (Å²) in [5.74, 6) is 0. The van der Waals surface area contributed by atoms with E-state index in [1.807, 2.05) is 21.1 Å². The maximum absolute atomic E-state index is 5.72. The summed E-state index contributed by atoms with van der Waals surface area (Å²) in [6, 6.07) is 4.19. The molecule has 0 amide bonds. The summed E-state index contributed by atoms with van der Waals surface area (Å²) in [7, 11) is 5.79. The van der Waals surface area contributed by atoms with Crippen molar-refractivity contribution in [2.24, 2.45) is 0 Å². The lowest BCUT2D eigenvalue weighted by atomic mass is 10.1. The zero-order valence-electron chi connectivity index (χ0n) is 11.9. The number of rotatable bonds is 8. The number of ether oxygens (including phenoxy) is 1. The van der Waals surface area contributed by atoms with E-state index < -0.39 is 0 Å². The van der Waals surface area contributed by atoms with Gasteiger partial charge in [-0.3, -0.25) is 0 Å². The van der Waals surface area contributed by atoms with E-state index in [1.165, 1.54) is 5.56 Å². The van der Waals surface area contributed by atoms with Crippen LogP contribution < -0.4 is 16.0 Å². The molecule has 1 aromatic rings. The molecule has 0 aliphatic carbocycles. The summed E-state index contributed by atoms with van der Waals surface area (Å²) in [6.45, 7) is 3.62. The summed E-state index contributed by atoms with van der Waals surface area (Å²) in [5.41, 5.74) is 4.46. The Morgan fingerprint density at radius 1 is 1.00 bits per heavy atom. The van der Waals surface area contributed by atoms with Crippen LogP contribution >= 0.6 is 0 Å². The number of unbranched alkanes of at least 4 members (excludes halogenated alkanes) is 1. The second-order valence-electron chi connectivity index (χ2n) is 4.21. The molecule has 4 nitrogen and oxygen atoms in total. The molecule has 4 heteroatoms. The molecule has 0 heterocycles. The summed E-state index contributed by atoms with van der Waals surface area (Å²) in [5, 5.41) is 9.61. The van der Waals surface area contributed by atoms with Crippen LogP contribution in [0.5, 0.6) is 0 Å². The van der Waals surface area contributed by atoms with Crippen LogP contribution in [-0.4, -0.2) is 27.7 Å². The van der Waals surface area contributed by atoms with Crippen LogP contribution in [-0.2, 0) is 11.3 Å². The Labute approximate surface area is 110 Å². The van der Waals surface area contributed by atoms with E-state index >= 15 is 0 Å². The second-order valence-corrected chi connectivity index (χ2v) is 4.21. The molecule has 0 fully saturated rings. The monoisotopic (exact) mass is 251 g/mol. The Kier molecular flexibility index (Phi) is 6.36. The highest BCUT2D eigenvalue weighted by atomic mass is 16.5. The lowest BCUT2D eigenvalue weighted by molar-refractivity contribution is 0.119. The Bertz CT molecular complexity index is 341. The predicted octanol–water partition coefficient (Wildman–Crippen LogP) is 3.13. The van der Waals surface area contributed by atoms with Crippen LogP contribution in [0.25, 0.3) is 0 Å². The summed E-state index contributed by atoms with van der Waals surface area (Å²) < 4.78 is 5.72. The van der Waals surface area contributed by atoms with Gasteiger partial charge in [-0.2, -0.15) is 0 Å². The van der Waals surface area contributed by atoms with Crippen molar-refractivity contribution in [1.29, 1.82) is 0 Å². The Balaban J connectivity index is 2.85. The molecule has 1 aromatic carbocycles. The zero-order chi connectivity index (χ0) is 13.4. The molecule has 0 aromatic heterocycles. The van der Waals surface area contributed by atoms with E-state index in [2.05, 4.69) is 35.0 Å². The molecule has 1 rings (SSSR count). The molecule has 0 saturated carbocycles. The summed E-state index contributed by atoms with van der Waals surface area (Å²) in [6.07, 6.45) is 2.27.